The number of halogens is 2. The van der Waals surface area contributed by atoms with Crippen LogP contribution in [0.4, 0.5) is 4.39 Å². The van der Waals surface area contributed by atoms with Crippen molar-refractivity contribution in [2.24, 2.45) is 0 Å². The summed E-state index contributed by atoms with van der Waals surface area (Å²) in [6.45, 7) is 0. The van der Waals surface area contributed by atoms with E-state index >= 15 is 0 Å². The zero-order valence-electron chi connectivity index (χ0n) is 9.45. The third-order valence-corrected chi connectivity index (χ3v) is 4.73. The minimum absolute atomic E-state index is 0.107. The molecule has 1 aromatic carbocycles. The molecule has 0 bridgehead atoms. The van der Waals surface area contributed by atoms with Gasteiger partial charge in [-0.25, -0.2) is 4.39 Å². The van der Waals surface area contributed by atoms with Crippen LogP contribution in [-0.2, 0) is 0 Å². The van der Waals surface area contributed by atoms with Crippen molar-refractivity contribution < 1.29 is 9.18 Å². The normalized spacial score (nSPS) is 19.4. The highest BCUT2D eigenvalue weighted by molar-refractivity contribution is 9.10. The van der Waals surface area contributed by atoms with Gasteiger partial charge in [-0.05, 0) is 46.3 Å². The molecule has 1 heterocycles. The van der Waals surface area contributed by atoms with Gasteiger partial charge < -0.3 is 4.90 Å². The lowest BCUT2D eigenvalue weighted by Crippen LogP contribution is -2.37. The van der Waals surface area contributed by atoms with E-state index in [1.165, 1.54) is 6.07 Å². The summed E-state index contributed by atoms with van der Waals surface area (Å²) in [5.41, 5.74) is 0.408. The van der Waals surface area contributed by atoms with E-state index in [0.29, 0.717) is 10.0 Å². The summed E-state index contributed by atoms with van der Waals surface area (Å²) in [5.74, 6) is 1.56. The molecule has 1 aliphatic rings. The van der Waals surface area contributed by atoms with E-state index in [1.807, 2.05) is 11.8 Å². The maximum absolute atomic E-state index is 13.4. The van der Waals surface area contributed by atoms with E-state index in [4.69, 9.17) is 0 Å². The van der Waals surface area contributed by atoms with Crippen molar-refractivity contribution in [1.29, 1.82) is 0 Å². The van der Waals surface area contributed by atoms with E-state index in [0.717, 1.165) is 17.9 Å². The smallest absolute Gasteiger partial charge is 0.253 e. The first-order chi connectivity index (χ1) is 8.09. The zero-order chi connectivity index (χ0) is 12.4. The number of carbonyl (C=O) groups is 1. The zero-order valence-corrected chi connectivity index (χ0v) is 11.9. The fraction of sp³-hybridized carbons (Fsp3) is 0.417. The Morgan fingerprint density at radius 2 is 2.35 bits per heavy atom. The number of hydrogen-bond donors (Lipinski definition) is 0. The average molecular weight is 318 g/mol. The molecule has 1 unspecified atom stereocenters. The molecular formula is C12H13BrFNOS. The van der Waals surface area contributed by atoms with Crippen molar-refractivity contribution in [2.45, 2.75) is 12.5 Å². The molecular weight excluding hydrogens is 305 g/mol. The van der Waals surface area contributed by atoms with Crippen LogP contribution in [0.3, 0.4) is 0 Å². The molecule has 1 saturated heterocycles. The van der Waals surface area contributed by atoms with Crippen molar-refractivity contribution in [2.75, 3.05) is 18.6 Å². The summed E-state index contributed by atoms with van der Waals surface area (Å²) in [6, 6.07) is 4.78. The fourth-order valence-corrected chi connectivity index (χ4v) is 3.34. The maximum Gasteiger partial charge on any atom is 0.253 e. The molecule has 1 atom stereocenters. The summed E-state index contributed by atoms with van der Waals surface area (Å²) < 4.78 is 13.7. The first-order valence-corrected chi connectivity index (χ1v) is 7.34. The van der Waals surface area contributed by atoms with E-state index in [9.17, 15) is 9.18 Å². The van der Waals surface area contributed by atoms with E-state index in [-0.39, 0.29) is 11.9 Å². The molecule has 1 aliphatic heterocycles. The Hall–Kier alpha value is -0.550. The van der Waals surface area contributed by atoms with Crippen molar-refractivity contribution >= 4 is 33.6 Å². The number of nitrogens with zero attached hydrogens (tertiary/aromatic N) is 1. The quantitative estimate of drug-likeness (QED) is 0.835. The van der Waals surface area contributed by atoms with Crippen LogP contribution in [0.15, 0.2) is 22.7 Å². The second-order valence-corrected chi connectivity index (χ2v) is 6.07. The van der Waals surface area contributed by atoms with Crippen molar-refractivity contribution in [3.8, 4) is 0 Å². The van der Waals surface area contributed by atoms with Gasteiger partial charge in [0, 0.05) is 24.4 Å². The first-order valence-electron chi connectivity index (χ1n) is 5.39. The number of rotatable bonds is 2. The van der Waals surface area contributed by atoms with Gasteiger partial charge in [-0.2, -0.15) is 11.8 Å². The molecule has 1 aromatic rings. The highest BCUT2D eigenvalue weighted by Crippen LogP contribution is 2.23. The highest BCUT2D eigenvalue weighted by Gasteiger charge is 2.24. The molecule has 0 N–H and O–H groups in total. The van der Waals surface area contributed by atoms with Gasteiger partial charge in [0.25, 0.3) is 5.91 Å². The molecule has 17 heavy (non-hydrogen) atoms. The molecule has 1 fully saturated rings. The van der Waals surface area contributed by atoms with Crippen LogP contribution in [0.1, 0.15) is 16.8 Å². The summed E-state index contributed by atoms with van der Waals surface area (Å²) in [5, 5.41) is 0. The maximum atomic E-state index is 13.4. The predicted octanol–water partition coefficient (Wildman–Crippen LogP) is 3.17. The summed E-state index contributed by atoms with van der Waals surface area (Å²) in [7, 11) is 1.79. The minimum atomic E-state index is -0.398. The SMILES string of the molecule is CN(C(=O)c1ccc(Br)c(F)c1)C1CCSC1. The summed E-state index contributed by atoms with van der Waals surface area (Å²) in [4.78, 5) is 13.9. The average Bonchev–Trinajstić information content (AvgIpc) is 2.84. The molecule has 92 valence electrons. The minimum Gasteiger partial charge on any atom is -0.338 e. The lowest BCUT2D eigenvalue weighted by Gasteiger charge is -2.23. The van der Waals surface area contributed by atoms with Crippen LogP contribution in [0.5, 0.6) is 0 Å². The summed E-state index contributed by atoms with van der Waals surface area (Å²) in [6.07, 6.45) is 1.02. The highest BCUT2D eigenvalue weighted by atomic mass is 79.9. The second kappa shape index (κ2) is 5.40. The third-order valence-electron chi connectivity index (χ3n) is 2.94. The van der Waals surface area contributed by atoms with Gasteiger partial charge in [0.05, 0.1) is 4.47 Å². The van der Waals surface area contributed by atoms with Crippen LogP contribution < -0.4 is 0 Å². The van der Waals surface area contributed by atoms with Crippen LogP contribution in [0.2, 0.25) is 0 Å². The van der Waals surface area contributed by atoms with Gasteiger partial charge in [-0.15, -0.1) is 0 Å². The van der Waals surface area contributed by atoms with Crippen LogP contribution in [0.25, 0.3) is 0 Å². The van der Waals surface area contributed by atoms with Crippen LogP contribution in [0, 0.1) is 5.82 Å². The van der Waals surface area contributed by atoms with Crippen LogP contribution in [-0.4, -0.2) is 35.4 Å². The van der Waals surface area contributed by atoms with Gasteiger partial charge in [0.15, 0.2) is 0 Å². The van der Waals surface area contributed by atoms with Gasteiger partial charge in [-0.1, -0.05) is 0 Å². The van der Waals surface area contributed by atoms with Crippen molar-refractivity contribution in [3.63, 3.8) is 0 Å². The fourth-order valence-electron chi connectivity index (χ4n) is 1.83. The number of carbonyl (C=O) groups excluding carboxylic acids is 1. The van der Waals surface area contributed by atoms with Crippen LogP contribution >= 0.6 is 27.7 Å². The molecule has 0 radical (unpaired) electrons. The Labute approximate surface area is 113 Å². The number of hydrogen-bond acceptors (Lipinski definition) is 2. The number of benzene rings is 1. The molecule has 2 nitrogen and oxygen atoms in total. The molecule has 0 saturated carbocycles. The Morgan fingerprint density at radius 3 is 2.94 bits per heavy atom. The largest absolute Gasteiger partial charge is 0.338 e. The first kappa shape index (κ1) is 12.9. The lowest BCUT2D eigenvalue weighted by molar-refractivity contribution is 0.0747. The van der Waals surface area contributed by atoms with Gasteiger partial charge >= 0.3 is 0 Å². The van der Waals surface area contributed by atoms with E-state index < -0.39 is 5.82 Å². The molecule has 0 aliphatic carbocycles. The molecule has 0 aromatic heterocycles. The Morgan fingerprint density at radius 1 is 1.59 bits per heavy atom. The van der Waals surface area contributed by atoms with Crippen molar-refractivity contribution in [3.05, 3.63) is 34.1 Å². The van der Waals surface area contributed by atoms with Crippen molar-refractivity contribution in [1.82, 2.24) is 4.90 Å². The second-order valence-electron chi connectivity index (χ2n) is 4.06. The Balaban J connectivity index is 2.15. The van der Waals surface area contributed by atoms with E-state index in [1.54, 1.807) is 24.1 Å². The molecule has 2 rings (SSSR count). The Bertz CT molecular complexity index is 435. The van der Waals surface area contributed by atoms with Gasteiger partial charge in [0.2, 0.25) is 0 Å². The third kappa shape index (κ3) is 2.83. The molecule has 1 amide bonds. The molecule has 0 spiro atoms. The molecule has 5 heteroatoms. The topological polar surface area (TPSA) is 20.3 Å². The monoisotopic (exact) mass is 317 g/mol. The van der Waals surface area contributed by atoms with Gasteiger partial charge in [0.1, 0.15) is 5.82 Å². The standard InChI is InChI=1S/C12H13BrFNOS/c1-15(9-4-5-17-7-9)12(16)8-2-3-10(13)11(14)6-8/h2-3,6,9H,4-5,7H2,1H3. The summed E-state index contributed by atoms with van der Waals surface area (Å²) >= 11 is 4.93. The predicted molar refractivity (Wildman–Crippen MR) is 71.9 cm³/mol. The lowest BCUT2D eigenvalue weighted by atomic mass is 10.1. The number of amides is 1. The number of thioether (sulfide) groups is 1. The van der Waals surface area contributed by atoms with Gasteiger partial charge in [-0.3, -0.25) is 4.79 Å². The Kier molecular flexibility index (Phi) is 4.09. The van der Waals surface area contributed by atoms with E-state index in [2.05, 4.69) is 15.9 Å².